The molecule has 1 rings (SSSR count). The van der Waals surface area contributed by atoms with Crippen LogP contribution in [0.25, 0.3) is 0 Å². The zero-order valence-electron chi connectivity index (χ0n) is 13.3. The Balaban J connectivity index is 2.29. The van der Waals surface area contributed by atoms with Crippen LogP contribution in [0.2, 0.25) is 0 Å². The smallest absolute Gasteiger partial charge is 0.0964 e. The first-order valence-corrected chi connectivity index (χ1v) is 7.58. The summed E-state index contributed by atoms with van der Waals surface area (Å²) in [6.45, 7) is 14.7. The van der Waals surface area contributed by atoms with Crippen LogP contribution in [-0.4, -0.2) is 58.8 Å². The normalized spacial score (nSPS) is 11.7. The maximum absolute atomic E-state index is 5.39. The summed E-state index contributed by atoms with van der Waals surface area (Å²) in [4.78, 5) is 2.36. The van der Waals surface area contributed by atoms with E-state index in [1.54, 1.807) is 0 Å². The molecule has 1 aromatic rings. The lowest BCUT2D eigenvalue weighted by Crippen LogP contribution is -2.31. The van der Waals surface area contributed by atoms with Gasteiger partial charge in [0, 0.05) is 38.5 Å². The van der Waals surface area contributed by atoms with Gasteiger partial charge in [-0.05, 0) is 13.5 Å². The van der Waals surface area contributed by atoms with Gasteiger partial charge in [0.15, 0.2) is 0 Å². The highest BCUT2D eigenvalue weighted by Gasteiger charge is 2.05. The standard InChI is InChI=1S/C14H29N5O/c1-5-18(9-10-20-6-2)7-8-19-12-14(16-17-19)11-15-13(3)4/h12-13,15H,5-11H2,1-4H3. The molecule has 0 saturated carbocycles. The van der Waals surface area contributed by atoms with E-state index in [9.17, 15) is 0 Å². The van der Waals surface area contributed by atoms with Crippen LogP contribution in [0.4, 0.5) is 0 Å². The molecule has 0 aliphatic heterocycles. The molecular weight excluding hydrogens is 254 g/mol. The van der Waals surface area contributed by atoms with Gasteiger partial charge in [-0.15, -0.1) is 5.10 Å². The summed E-state index contributed by atoms with van der Waals surface area (Å²) in [5.41, 5.74) is 0.996. The minimum Gasteiger partial charge on any atom is -0.380 e. The third-order valence-corrected chi connectivity index (χ3v) is 3.13. The summed E-state index contributed by atoms with van der Waals surface area (Å²) in [7, 11) is 0. The predicted octanol–water partition coefficient (Wildman–Crippen LogP) is 1.13. The van der Waals surface area contributed by atoms with Gasteiger partial charge in [-0.25, -0.2) is 0 Å². The molecule has 1 heterocycles. The Morgan fingerprint density at radius 2 is 2.15 bits per heavy atom. The second kappa shape index (κ2) is 9.85. The molecule has 0 unspecified atom stereocenters. The van der Waals surface area contributed by atoms with Crippen molar-refractivity contribution in [1.29, 1.82) is 0 Å². The molecule has 116 valence electrons. The quantitative estimate of drug-likeness (QED) is 0.617. The molecule has 6 heteroatoms. The van der Waals surface area contributed by atoms with E-state index in [0.29, 0.717) is 6.04 Å². The van der Waals surface area contributed by atoms with E-state index in [2.05, 4.69) is 41.3 Å². The van der Waals surface area contributed by atoms with Gasteiger partial charge in [0.1, 0.15) is 0 Å². The lowest BCUT2D eigenvalue weighted by molar-refractivity contribution is 0.113. The fourth-order valence-electron chi connectivity index (χ4n) is 1.85. The van der Waals surface area contributed by atoms with Crippen LogP contribution in [-0.2, 0) is 17.8 Å². The maximum Gasteiger partial charge on any atom is 0.0964 e. The average Bonchev–Trinajstić information content (AvgIpc) is 2.88. The molecule has 0 aliphatic rings. The lowest BCUT2D eigenvalue weighted by Gasteiger charge is -2.19. The van der Waals surface area contributed by atoms with E-state index in [1.165, 1.54) is 0 Å². The van der Waals surface area contributed by atoms with Crippen LogP contribution in [0.1, 0.15) is 33.4 Å². The first-order chi connectivity index (χ1) is 9.65. The van der Waals surface area contributed by atoms with Crippen LogP contribution in [0.5, 0.6) is 0 Å². The largest absolute Gasteiger partial charge is 0.380 e. The van der Waals surface area contributed by atoms with Crippen molar-refractivity contribution >= 4 is 0 Å². The number of rotatable bonds is 11. The summed E-state index contributed by atoms with van der Waals surface area (Å²) >= 11 is 0. The second-order valence-electron chi connectivity index (χ2n) is 5.14. The molecule has 0 spiro atoms. The summed E-state index contributed by atoms with van der Waals surface area (Å²) in [6.07, 6.45) is 2.02. The third kappa shape index (κ3) is 6.98. The Kier molecular flexibility index (Phi) is 8.41. The molecule has 0 saturated heterocycles. The van der Waals surface area contributed by atoms with Gasteiger partial charge < -0.3 is 10.1 Å². The highest BCUT2D eigenvalue weighted by atomic mass is 16.5. The fraction of sp³-hybridized carbons (Fsp3) is 0.857. The van der Waals surface area contributed by atoms with E-state index in [-0.39, 0.29) is 0 Å². The summed E-state index contributed by atoms with van der Waals surface area (Å²) in [6, 6.07) is 0.467. The van der Waals surface area contributed by atoms with Crippen LogP contribution in [0.15, 0.2) is 6.20 Å². The zero-order chi connectivity index (χ0) is 14.8. The first kappa shape index (κ1) is 17.1. The van der Waals surface area contributed by atoms with Gasteiger partial charge in [0.25, 0.3) is 0 Å². The monoisotopic (exact) mass is 283 g/mol. The van der Waals surface area contributed by atoms with Crippen molar-refractivity contribution in [3.8, 4) is 0 Å². The second-order valence-corrected chi connectivity index (χ2v) is 5.14. The van der Waals surface area contributed by atoms with E-state index in [1.807, 2.05) is 17.8 Å². The van der Waals surface area contributed by atoms with E-state index in [0.717, 1.165) is 51.6 Å². The Morgan fingerprint density at radius 1 is 1.35 bits per heavy atom. The molecular formula is C14H29N5O. The van der Waals surface area contributed by atoms with Crippen molar-refractivity contribution in [2.24, 2.45) is 0 Å². The SMILES string of the molecule is CCOCCN(CC)CCn1cc(CNC(C)C)nn1. The number of ether oxygens (including phenoxy) is 1. The zero-order valence-corrected chi connectivity index (χ0v) is 13.3. The first-order valence-electron chi connectivity index (χ1n) is 7.58. The number of nitrogens with zero attached hydrogens (tertiary/aromatic N) is 4. The topological polar surface area (TPSA) is 55.2 Å². The number of hydrogen-bond acceptors (Lipinski definition) is 5. The maximum atomic E-state index is 5.39. The van der Waals surface area contributed by atoms with Gasteiger partial charge in [-0.1, -0.05) is 26.0 Å². The number of nitrogens with one attached hydrogen (secondary N) is 1. The van der Waals surface area contributed by atoms with Crippen LogP contribution in [0, 0.1) is 0 Å². The molecule has 0 fully saturated rings. The van der Waals surface area contributed by atoms with Crippen LogP contribution >= 0.6 is 0 Å². The Hall–Kier alpha value is -0.980. The van der Waals surface area contributed by atoms with Gasteiger partial charge in [0.05, 0.1) is 18.8 Å². The fourth-order valence-corrected chi connectivity index (χ4v) is 1.85. The molecule has 20 heavy (non-hydrogen) atoms. The number of likely N-dealkylation sites (N-methyl/N-ethyl adjacent to an activating group) is 1. The third-order valence-electron chi connectivity index (χ3n) is 3.13. The molecule has 0 amide bonds. The summed E-state index contributed by atoms with van der Waals surface area (Å²) in [5.74, 6) is 0. The predicted molar refractivity (Wildman–Crippen MR) is 80.6 cm³/mol. The van der Waals surface area contributed by atoms with Gasteiger partial charge in [0.2, 0.25) is 0 Å². The van der Waals surface area contributed by atoms with Crippen molar-refractivity contribution in [2.75, 3.05) is 32.8 Å². The van der Waals surface area contributed by atoms with Crippen molar-refractivity contribution in [1.82, 2.24) is 25.2 Å². The lowest BCUT2D eigenvalue weighted by atomic mass is 10.3. The molecule has 0 bridgehead atoms. The van der Waals surface area contributed by atoms with E-state index >= 15 is 0 Å². The molecule has 0 aromatic carbocycles. The molecule has 0 radical (unpaired) electrons. The number of hydrogen-bond donors (Lipinski definition) is 1. The Bertz CT molecular complexity index is 353. The molecule has 0 atom stereocenters. The molecule has 1 aromatic heterocycles. The van der Waals surface area contributed by atoms with Crippen molar-refractivity contribution in [3.63, 3.8) is 0 Å². The molecule has 6 nitrogen and oxygen atoms in total. The summed E-state index contributed by atoms with van der Waals surface area (Å²) < 4.78 is 7.31. The average molecular weight is 283 g/mol. The van der Waals surface area contributed by atoms with E-state index < -0.39 is 0 Å². The van der Waals surface area contributed by atoms with Crippen molar-refractivity contribution < 1.29 is 4.74 Å². The molecule has 1 N–H and O–H groups in total. The van der Waals surface area contributed by atoms with Crippen LogP contribution in [0.3, 0.4) is 0 Å². The highest BCUT2D eigenvalue weighted by molar-refractivity contribution is 4.91. The van der Waals surface area contributed by atoms with Gasteiger partial charge in [-0.2, -0.15) is 0 Å². The Morgan fingerprint density at radius 3 is 2.80 bits per heavy atom. The van der Waals surface area contributed by atoms with E-state index in [4.69, 9.17) is 4.74 Å². The molecule has 0 aliphatic carbocycles. The van der Waals surface area contributed by atoms with Crippen molar-refractivity contribution in [3.05, 3.63) is 11.9 Å². The van der Waals surface area contributed by atoms with Crippen molar-refractivity contribution in [2.45, 2.75) is 46.8 Å². The van der Waals surface area contributed by atoms with Gasteiger partial charge in [-0.3, -0.25) is 9.58 Å². The Labute approximate surface area is 122 Å². The summed E-state index contributed by atoms with van der Waals surface area (Å²) in [5, 5.41) is 11.7. The highest BCUT2D eigenvalue weighted by Crippen LogP contribution is 1.96. The number of aromatic nitrogens is 3. The van der Waals surface area contributed by atoms with Crippen LogP contribution < -0.4 is 5.32 Å². The van der Waals surface area contributed by atoms with Gasteiger partial charge >= 0.3 is 0 Å². The minimum atomic E-state index is 0.467. The minimum absolute atomic E-state index is 0.467.